The summed E-state index contributed by atoms with van der Waals surface area (Å²) >= 11 is 0. The Kier molecular flexibility index (Phi) is 7.02. The quantitative estimate of drug-likeness (QED) is 0.169. The minimum Gasteiger partial charge on any atom is -0.508 e. The van der Waals surface area contributed by atoms with Gasteiger partial charge in [-0.1, -0.05) is 24.3 Å². The number of carboxylic acid groups (broad SMARTS) is 2. The van der Waals surface area contributed by atoms with Crippen LogP contribution in [0.4, 0.5) is 0 Å². The molecule has 11 heteroatoms. The molecule has 0 aliphatic heterocycles. The average molecular weight is 524 g/mol. The highest BCUT2D eigenvalue weighted by molar-refractivity contribution is 5.86. The molecule has 0 heterocycles. The number of ether oxygens (including phenoxy) is 1. The number of aromatic hydroxyl groups is 5. The number of carboxylic acids is 2. The number of aliphatic carboxylic acids is 2. The van der Waals surface area contributed by atoms with Gasteiger partial charge in [0.2, 0.25) is 6.10 Å². The SMILES string of the molecule is O=C(O)[C@@H]1[C@@H](c2ccc(O)cc2)[C@H](C(=O)O[C@@H](Cc2ccc(O)c(O)c2)C(=O)O)[C@H]1c1ccc(O)c(O)c1. The Morgan fingerprint density at radius 2 is 1.24 bits per heavy atom. The topological polar surface area (TPSA) is 202 Å². The van der Waals surface area contributed by atoms with Crippen LogP contribution in [0.1, 0.15) is 28.5 Å². The highest BCUT2D eigenvalue weighted by atomic mass is 16.6. The minimum absolute atomic E-state index is 0.0813. The molecule has 0 amide bonds. The second-order valence-electron chi connectivity index (χ2n) is 9.07. The van der Waals surface area contributed by atoms with Crippen molar-refractivity contribution < 1.29 is 54.9 Å². The van der Waals surface area contributed by atoms with Crippen LogP contribution in [-0.2, 0) is 25.5 Å². The fourth-order valence-corrected chi connectivity index (χ4v) is 4.93. The first-order chi connectivity index (χ1) is 18.0. The molecule has 198 valence electrons. The number of phenolic OH excluding ortho intramolecular Hbond substituents is 5. The lowest BCUT2D eigenvalue weighted by Gasteiger charge is -2.49. The molecule has 1 aliphatic carbocycles. The number of esters is 1. The molecule has 0 bridgehead atoms. The third-order valence-electron chi connectivity index (χ3n) is 6.76. The molecule has 1 aliphatic rings. The third kappa shape index (κ3) is 4.99. The Morgan fingerprint density at radius 1 is 0.684 bits per heavy atom. The normalized spacial score (nSPS) is 21.2. The molecule has 0 radical (unpaired) electrons. The summed E-state index contributed by atoms with van der Waals surface area (Å²) in [5.74, 6) is -10.1. The van der Waals surface area contributed by atoms with Gasteiger partial charge in [0.25, 0.3) is 0 Å². The van der Waals surface area contributed by atoms with Crippen LogP contribution in [0.3, 0.4) is 0 Å². The predicted octanol–water partition coefficient (Wildman–Crippen LogP) is 2.65. The number of hydrogen-bond donors (Lipinski definition) is 7. The van der Waals surface area contributed by atoms with Gasteiger partial charge in [0.1, 0.15) is 5.75 Å². The minimum atomic E-state index is -1.70. The van der Waals surface area contributed by atoms with Crippen molar-refractivity contribution in [3.63, 3.8) is 0 Å². The Balaban J connectivity index is 1.70. The summed E-state index contributed by atoms with van der Waals surface area (Å²) in [5.41, 5.74) is 0.874. The van der Waals surface area contributed by atoms with Gasteiger partial charge < -0.3 is 40.5 Å². The van der Waals surface area contributed by atoms with Crippen molar-refractivity contribution in [1.82, 2.24) is 0 Å². The molecule has 3 aromatic rings. The van der Waals surface area contributed by atoms with Crippen LogP contribution in [0, 0.1) is 11.8 Å². The van der Waals surface area contributed by atoms with Gasteiger partial charge in [-0.25, -0.2) is 4.79 Å². The fraction of sp³-hybridized carbons (Fsp3) is 0.222. The van der Waals surface area contributed by atoms with Crippen molar-refractivity contribution >= 4 is 17.9 Å². The largest absolute Gasteiger partial charge is 0.508 e. The highest BCUT2D eigenvalue weighted by Gasteiger charge is 2.59. The molecule has 38 heavy (non-hydrogen) atoms. The van der Waals surface area contributed by atoms with E-state index in [4.69, 9.17) is 4.74 Å². The highest BCUT2D eigenvalue weighted by Crippen LogP contribution is 2.58. The molecule has 0 saturated heterocycles. The van der Waals surface area contributed by atoms with Gasteiger partial charge in [-0.3, -0.25) is 9.59 Å². The Hall–Kier alpha value is -4.93. The van der Waals surface area contributed by atoms with Crippen molar-refractivity contribution in [2.24, 2.45) is 11.8 Å². The first-order valence-corrected chi connectivity index (χ1v) is 11.5. The van der Waals surface area contributed by atoms with E-state index < -0.39 is 70.7 Å². The zero-order chi connectivity index (χ0) is 27.7. The molecule has 0 spiro atoms. The van der Waals surface area contributed by atoms with Crippen molar-refractivity contribution in [1.29, 1.82) is 0 Å². The summed E-state index contributed by atoms with van der Waals surface area (Å²) in [6.45, 7) is 0. The van der Waals surface area contributed by atoms with Gasteiger partial charge >= 0.3 is 17.9 Å². The summed E-state index contributed by atoms with van der Waals surface area (Å²) in [7, 11) is 0. The third-order valence-corrected chi connectivity index (χ3v) is 6.76. The second kappa shape index (κ2) is 10.2. The molecule has 0 aromatic heterocycles. The van der Waals surface area contributed by atoms with Crippen LogP contribution in [0.25, 0.3) is 0 Å². The van der Waals surface area contributed by atoms with Crippen molar-refractivity contribution in [2.45, 2.75) is 24.4 Å². The van der Waals surface area contributed by atoms with Gasteiger partial charge in [0.15, 0.2) is 23.0 Å². The maximum atomic E-state index is 13.5. The second-order valence-corrected chi connectivity index (χ2v) is 9.07. The molecule has 0 unspecified atom stereocenters. The summed E-state index contributed by atoms with van der Waals surface area (Å²) in [6.07, 6.45) is -2.05. The Morgan fingerprint density at radius 3 is 1.79 bits per heavy atom. The lowest BCUT2D eigenvalue weighted by Crippen LogP contribution is -2.52. The standard InChI is InChI=1S/C27H24O11/c28-15-5-2-13(3-6-15)21-23(26(35)36)22(14-4-8-17(30)19(32)11-14)24(21)27(37)38-20(25(33)34)10-12-1-7-16(29)18(31)9-12/h1-9,11,20-24,28-32H,10H2,(H,33,34)(H,35,36)/t20-,21+,22-,23+,24-/m0/s1. The van der Waals surface area contributed by atoms with Gasteiger partial charge in [-0.2, -0.15) is 0 Å². The molecular formula is C27H24O11. The van der Waals surface area contributed by atoms with Gasteiger partial charge in [-0.05, 0) is 53.1 Å². The molecule has 3 aromatic carbocycles. The number of rotatable bonds is 8. The van der Waals surface area contributed by atoms with E-state index in [1.807, 2.05) is 0 Å². The van der Waals surface area contributed by atoms with E-state index in [9.17, 15) is 50.1 Å². The molecule has 11 nitrogen and oxygen atoms in total. The lowest BCUT2D eigenvalue weighted by molar-refractivity contribution is -0.175. The maximum Gasteiger partial charge on any atom is 0.345 e. The Labute approximate surface area is 215 Å². The maximum absolute atomic E-state index is 13.5. The average Bonchev–Trinajstić information content (AvgIpc) is 2.83. The van der Waals surface area contributed by atoms with Crippen molar-refractivity contribution in [2.75, 3.05) is 0 Å². The van der Waals surface area contributed by atoms with E-state index in [1.54, 1.807) is 0 Å². The molecule has 4 rings (SSSR count). The van der Waals surface area contributed by atoms with Crippen molar-refractivity contribution in [3.05, 3.63) is 77.4 Å². The molecule has 1 fully saturated rings. The van der Waals surface area contributed by atoms with E-state index in [2.05, 4.69) is 0 Å². The van der Waals surface area contributed by atoms with E-state index in [-0.39, 0.29) is 23.3 Å². The van der Waals surface area contributed by atoms with E-state index in [0.717, 1.165) is 24.3 Å². The molecule has 1 saturated carbocycles. The lowest BCUT2D eigenvalue weighted by atomic mass is 9.52. The zero-order valence-electron chi connectivity index (χ0n) is 19.6. The number of carbonyl (C=O) groups is 3. The summed E-state index contributed by atoms with van der Waals surface area (Å²) < 4.78 is 5.36. The van der Waals surface area contributed by atoms with Crippen LogP contribution >= 0.6 is 0 Å². The number of benzene rings is 3. The first kappa shape index (κ1) is 26.1. The van der Waals surface area contributed by atoms with Crippen LogP contribution in [0.2, 0.25) is 0 Å². The molecule has 5 atom stereocenters. The van der Waals surface area contributed by atoms with Crippen LogP contribution in [0.15, 0.2) is 60.7 Å². The number of phenols is 5. The van der Waals surface area contributed by atoms with Crippen LogP contribution < -0.4 is 0 Å². The summed E-state index contributed by atoms with van der Waals surface area (Å²) in [4.78, 5) is 37.7. The van der Waals surface area contributed by atoms with Gasteiger partial charge in [-0.15, -0.1) is 0 Å². The monoisotopic (exact) mass is 524 g/mol. The van der Waals surface area contributed by atoms with Crippen molar-refractivity contribution in [3.8, 4) is 28.7 Å². The summed E-state index contributed by atoms with van der Waals surface area (Å²) in [6, 6.07) is 12.8. The first-order valence-electron chi connectivity index (χ1n) is 11.5. The fourth-order valence-electron chi connectivity index (χ4n) is 4.93. The van der Waals surface area contributed by atoms with E-state index in [1.165, 1.54) is 36.4 Å². The number of carbonyl (C=O) groups excluding carboxylic acids is 1. The molecule has 7 N–H and O–H groups in total. The molecular weight excluding hydrogens is 500 g/mol. The van der Waals surface area contributed by atoms with Crippen LogP contribution in [0.5, 0.6) is 28.7 Å². The van der Waals surface area contributed by atoms with Crippen LogP contribution in [-0.4, -0.2) is 59.8 Å². The van der Waals surface area contributed by atoms with Gasteiger partial charge in [0, 0.05) is 18.3 Å². The predicted molar refractivity (Wildman–Crippen MR) is 129 cm³/mol. The Bertz CT molecular complexity index is 1380. The van der Waals surface area contributed by atoms with E-state index in [0.29, 0.717) is 5.56 Å². The smallest absolute Gasteiger partial charge is 0.345 e. The van der Waals surface area contributed by atoms with Gasteiger partial charge in [0.05, 0.1) is 11.8 Å². The summed E-state index contributed by atoms with van der Waals surface area (Å²) in [5, 5.41) is 68.3. The number of hydrogen-bond acceptors (Lipinski definition) is 9. The van der Waals surface area contributed by atoms with E-state index >= 15 is 0 Å². The zero-order valence-corrected chi connectivity index (χ0v) is 19.6.